The van der Waals surface area contributed by atoms with Crippen molar-refractivity contribution in [2.75, 3.05) is 18.0 Å². The number of piperidine rings is 1. The summed E-state index contributed by atoms with van der Waals surface area (Å²) >= 11 is 0. The topological polar surface area (TPSA) is 28.2 Å². The van der Waals surface area contributed by atoms with Crippen LogP contribution in [0.5, 0.6) is 0 Å². The molecule has 2 aliphatic rings. The normalized spacial score (nSPS) is 26.5. The van der Waals surface area contributed by atoms with Gasteiger partial charge in [-0.2, -0.15) is 0 Å². The van der Waals surface area contributed by atoms with Crippen LogP contribution in [0.1, 0.15) is 44.6 Å². The summed E-state index contributed by atoms with van der Waals surface area (Å²) in [5.41, 5.74) is 2.78. The Kier molecular flexibility index (Phi) is 4.02. The van der Waals surface area contributed by atoms with E-state index in [2.05, 4.69) is 34.4 Å². The fourth-order valence-electron chi connectivity index (χ4n) is 3.84. The fourth-order valence-corrected chi connectivity index (χ4v) is 3.84. The van der Waals surface area contributed by atoms with Crippen molar-refractivity contribution in [2.24, 2.45) is 5.92 Å². The number of pyridine rings is 1. The lowest BCUT2D eigenvalue weighted by Crippen LogP contribution is -2.43. The highest BCUT2D eigenvalue weighted by atomic mass is 15.2. The van der Waals surface area contributed by atoms with Crippen molar-refractivity contribution in [1.29, 1.82) is 0 Å². The highest BCUT2D eigenvalue weighted by Crippen LogP contribution is 2.39. The number of aromatic nitrogens is 1. The van der Waals surface area contributed by atoms with Gasteiger partial charge in [-0.25, -0.2) is 0 Å². The summed E-state index contributed by atoms with van der Waals surface area (Å²) in [6.07, 6.45) is 11.0. The van der Waals surface area contributed by atoms with Crippen LogP contribution < -0.4 is 10.2 Å². The lowest BCUT2D eigenvalue weighted by Gasteiger charge is -2.40. The van der Waals surface area contributed by atoms with Gasteiger partial charge in [-0.1, -0.05) is 13.3 Å². The summed E-state index contributed by atoms with van der Waals surface area (Å²) in [5, 5.41) is 3.45. The van der Waals surface area contributed by atoms with Crippen LogP contribution in [0.4, 0.5) is 5.69 Å². The van der Waals surface area contributed by atoms with Gasteiger partial charge < -0.3 is 10.2 Å². The van der Waals surface area contributed by atoms with Gasteiger partial charge in [0.25, 0.3) is 0 Å². The molecular weight excluding hydrogens is 234 g/mol. The van der Waals surface area contributed by atoms with Crippen LogP contribution >= 0.6 is 0 Å². The summed E-state index contributed by atoms with van der Waals surface area (Å²) in [6, 6.07) is 2.95. The zero-order valence-corrected chi connectivity index (χ0v) is 11.9. The van der Waals surface area contributed by atoms with E-state index in [0.29, 0.717) is 0 Å². The second-order valence-electron chi connectivity index (χ2n) is 5.88. The van der Waals surface area contributed by atoms with E-state index < -0.39 is 0 Å². The summed E-state index contributed by atoms with van der Waals surface area (Å²) in [6.45, 7) is 5.36. The molecule has 0 radical (unpaired) electrons. The Hall–Kier alpha value is -1.09. The summed E-state index contributed by atoms with van der Waals surface area (Å²) in [7, 11) is 0. The summed E-state index contributed by atoms with van der Waals surface area (Å²) < 4.78 is 0. The van der Waals surface area contributed by atoms with Gasteiger partial charge in [0.15, 0.2) is 0 Å². The minimum absolute atomic E-state index is 0.776. The maximum absolute atomic E-state index is 4.37. The molecule has 0 aromatic carbocycles. The molecule has 2 unspecified atom stereocenters. The largest absolute Gasteiger partial charge is 0.367 e. The van der Waals surface area contributed by atoms with Gasteiger partial charge in [0.05, 0.1) is 11.9 Å². The maximum atomic E-state index is 4.37. The van der Waals surface area contributed by atoms with Crippen LogP contribution in [0.2, 0.25) is 0 Å². The average Bonchev–Trinajstić information content (AvgIpc) is 2.94. The Balaban J connectivity index is 1.83. The Labute approximate surface area is 116 Å². The second kappa shape index (κ2) is 5.91. The summed E-state index contributed by atoms with van der Waals surface area (Å²) in [4.78, 5) is 7.03. The fraction of sp³-hybridized carbons (Fsp3) is 0.688. The molecule has 104 valence electrons. The van der Waals surface area contributed by atoms with Crippen molar-refractivity contribution in [2.45, 2.75) is 51.6 Å². The molecule has 3 nitrogen and oxygen atoms in total. The minimum atomic E-state index is 0.776. The van der Waals surface area contributed by atoms with Crippen molar-refractivity contribution < 1.29 is 0 Å². The van der Waals surface area contributed by atoms with E-state index in [0.717, 1.165) is 25.0 Å². The van der Waals surface area contributed by atoms with Gasteiger partial charge in [0, 0.05) is 25.3 Å². The third-order valence-corrected chi connectivity index (χ3v) is 4.76. The third-order valence-electron chi connectivity index (χ3n) is 4.76. The van der Waals surface area contributed by atoms with E-state index in [9.17, 15) is 0 Å². The van der Waals surface area contributed by atoms with Gasteiger partial charge in [0.2, 0.25) is 0 Å². The molecule has 3 heteroatoms. The second-order valence-corrected chi connectivity index (χ2v) is 5.88. The molecule has 1 N–H and O–H groups in total. The van der Waals surface area contributed by atoms with Crippen LogP contribution in [-0.4, -0.2) is 24.1 Å². The first-order valence-corrected chi connectivity index (χ1v) is 7.80. The minimum Gasteiger partial charge on any atom is -0.367 e. The van der Waals surface area contributed by atoms with Crippen LogP contribution in [-0.2, 0) is 6.54 Å². The molecule has 1 aliphatic carbocycles. The lowest BCUT2D eigenvalue weighted by atomic mass is 9.91. The van der Waals surface area contributed by atoms with Crippen LogP contribution in [0.25, 0.3) is 0 Å². The van der Waals surface area contributed by atoms with Gasteiger partial charge in [-0.05, 0) is 49.8 Å². The third kappa shape index (κ3) is 2.62. The molecule has 2 atom stereocenters. The molecule has 1 saturated heterocycles. The highest BCUT2D eigenvalue weighted by Gasteiger charge is 2.35. The first-order chi connectivity index (χ1) is 9.40. The van der Waals surface area contributed by atoms with Gasteiger partial charge in [-0.3, -0.25) is 4.98 Å². The van der Waals surface area contributed by atoms with Crippen molar-refractivity contribution in [3.05, 3.63) is 24.0 Å². The molecule has 0 spiro atoms. The summed E-state index contributed by atoms with van der Waals surface area (Å²) in [5.74, 6) is 0.931. The average molecular weight is 259 g/mol. The van der Waals surface area contributed by atoms with Gasteiger partial charge in [-0.15, -0.1) is 0 Å². The number of hydrogen-bond donors (Lipinski definition) is 1. The molecular formula is C16H25N3. The molecule has 2 fully saturated rings. The van der Waals surface area contributed by atoms with E-state index in [1.807, 2.05) is 6.20 Å². The van der Waals surface area contributed by atoms with Crippen molar-refractivity contribution >= 4 is 5.69 Å². The number of anilines is 1. The molecule has 0 amide bonds. The van der Waals surface area contributed by atoms with Crippen molar-refractivity contribution in [1.82, 2.24) is 10.3 Å². The van der Waals surface area contributed by atoms with E-state index in [1.165, 1.54) is 49.9 Å². The number of nitrogens with zero attached hydrogens (tertiary/aromatic N) is 2. The monoisotopic (exact) mass is 259 g/mol. The van der Waals surface area contributed by atoms with E-state index >= 15 is 0 Å². The zero-order chi connectivity index (χ0) is 13.1. The Bertz CT molecular complexity index is 418. The SMILES string of the molecule is CCNCc1ccncc1N1CCCC2CCCC21. The first kappa shape index (κ1) is 12.9. The zero-order valence-electron chi connectivity index (χ0n) is 11.9. The molecule has 0 bridgehead atoms. The van der Waals surface area contributed by atoms with E-state index in [1.54, 1.807) is 0 Å². The molecule has 3 rings (SSSR count). The van der Waals surface area contributed by atoms with Gasteiger partial charge in [0.1, 0.15) is 0 Å². The molecule has 2 heterocycles. The van der Waals surface area contributed by atoms with Crippen molar-refractivity contribution in [3.63, 3.8) is 0 Å². The first-order valence-electron chi connectivity index (χ1n) is 7.80. The Morgan fingerprint density at radius 1 is 1.32 bits per heavy atom. The number of rotatable bonds is 4. The highest BCUT2D eigenvalue weighted by molar-refractivity contribution is 5.53. The molecule has 1 saturated carbocycles. The standard InChI is InChI=1S/C16H25N3/c1-2-17-11-14-8-9-18-12-16(14)19-10-4-6-13-5-3-7-15(13)19/h8-9,12-13,15,17H,2-7,10-11H2,1H3. The van der Waals surface area contributed by atoms with Crippen LogP contribution in [0.15, 0.2) is 18.5 Å². The molecule has 1 aliphatic heterocycles. The number of fused-ring (bicyclic) bond motifs is 1. The number of hydrogen-bond acceptors (Lipinski definition) is 3. The number of nitrogens with one attached hydrogen (secondary N) is 1. The smallest absolute Gasteiger partial charge is 0.0600 e. The van der Waals surface area contributed by atoms with Crippen LogP contribution in [0.3, 0.4) is 0 Å². The molecule has 1 aromatic rings. The molecule has 19 heavy (non-hydrogen) atoms. The maximum Gasteiger partial charge on any atom is 0.0600 e. The van der Waals surface area contributed by atoms with E-state index in [-0.39, 0.29) is 0 Å². The lowest BCUT2D eigenvalue weighted by molar-refractivity contribution is 0.361. The van der Waals surface area contributed by atoms with Crippen LogP contribution in [0, 0.1) is 5.92 Å². The van der Waals surface area contributed by atoms with E-state index in [4.69, 9.17) is 0 Å². The van der Waals surface area contributed by atoms with Crippen molar-refractivity contribution in [3.8, 4) is 0 Å². The quantitative estimate of drug-likeness (QED) is 0.901. The molecule has 1 aromatic heterocycles. The predicted octanol–water partition coefficient (Wildman–Crippen LogP) is 2.96. The Morgan fingerprint density at radius 3 is 3.11 bits per heavy atom. The predicted molar refractivity (Wildman–Crippen MR) is 79.3 cm³/mol. The Morgan fingerprint density at radius 2 is 2.21 bits per heavy atom. The van der Waals surface area contributed by atoms with Gasteiger partial charge >= 0.3 is 0 Å².